The topological polar surface area (TPSA) is 48.5 Å². The third kappa shape index (κ3) is 5.66. The van der Waals surface area contributed by atoms with Gasteiger partial charge in [0.05, 0.1) is 0 Å². The number of aromatic nitrogens is 1. The van der Waals surface area contributed by atoms with Gasteiger partial charge < -0.3 is 10.2 Å². The van der Waals surface area contributed by atoms with Gasteiger partial charge in [-0.3, -0.25) is 14.7 Å². The Bertz CT molecular complexity index is 639. The summed E-state index contributed by atoms with van der Waals surface area (Å²) < 4.78 is 0. The van der Waals surface area contributed by atoms with Crippen LogP contribution in [0.5, 0.6) is 0 Å². The number of benzene rings is 1. The first-order valence-corrected chi connectivity index (χ1v) is 8.95. The molecule has 0 saturated carbocycles. The highest BCUT2D eigenvalue weighted by atomic mass is 16.2. The molecule has 0 radical (unpaired) electrons. The van der Waals surface area contributed by atoms with Gasteiger partial charge in [-0.25, -0.2) is 0 Å². The maximum absolute atomic E-state index is 12.3. The number of piperazine rings is 1. The van der Waals surface area contributed by atoms with Gasteiger partial charge in [-0.2, -0.15) is 0 Å². The van der Waals surface area contributed by atoms with E-state index in [1.807, 2.05) is 23.1 Å². The van der Waals surface area contributed by atoms with E-state index in [-0.39, 0.29) is 5.91 Å². The number of nitrogens with zero attached hydrogens (tertiary/aromatic N) is 3. The highest BCUT2D eigenvalue weighted by Crippen LogP contribution is 2.09. The monoisotopic (exact) mass is 338 g/mol. The number of carbonyl (C=O) groups is 1. The van der Waals surface area contributed by atoms with Gasteiger partial charge in [0.2, 0.25) is 5.91 Å². The molecule has 5 nitrogen and oxygen atoms in total. The molecule has 2 aromatic rings. The fourth-order valence-corrected chi connectivity index (χ4v) is 3.08. The quantitative estimate of drug-likeness (QED) is 0.784. The van der Waals surface area contributed by atoms with Gasteiger partial charge in [0.1, 0.15) is 0 Å². The normalized spacial score (nSPS) is 15.3. The number of hydrogen-bond acceptors (Lipinski definition) is 4. The Morgan fingerprint density at radius 2 is 1.68 bits per heavy atom. The second kappa shape index (κ2) is 9.30. The highest BCUT2D eigenvalue weighted by Gasteiger charge is 2.20. The average molecular weight is 338 g/mol. The maximum atomic E-state index is 12.3. The number of nitrogens with one attached hydrogen (secondary N) is 1. The molecule has 0 unspecified atom stereocenters. The van der Waals surface area contributed by atoms with Crippen LogP contribution in [-0.4, -0.2) is 53.4 Å². The van der Waals surface area contributed by atoms with Gasteiger partial charge in [-0.05, 0) is 23.3 Å². The van der Waals surface area contributed by atoms with Gasteiger partial charge in [0.25, 0.3) is 0 Å². The predicted octanol–water partition coefficient (Wildman–Crippen LogP) is 1.91. The zero-order valence-electron chi connectivity index (χ0n) is 14.6. The molecule has 25 heavy (non-hydrogen) atoms. The minimum atomic E-state index is 0.251. The minimum absolute atomic E-state index is 0.251. The van der Waals surface area contributed by atoms with E-state index >= 15 is 0 Å². The van der Waals surface area contributed by atoms with Crippen LogP contribution >= 0.6 is 0 Å². The van der Waals surface area contributed by atoms with Gasteiger partial charge in [0.15, 0.2) is 0 Å². The number of pyridine rings is 1. The summed E-state index contributed by atoms with van der Waals surface area (Å²) in [6.07, 6.45) is 4.14. The lowest BCUT2D eigenvalue weighted by atomic mass is 10.2. The highest BCUT2D eigenvalue weighted by molar-refractivity contribution is 5.76. The molecule has 1 aromatic carbocycles. The Morgan fingerprint density at radius 1 is 0.960 bits per heavy atom. The molecule has 1 aliphatic rings. The first kappa shape index (κ1) is 17.6. The first-order valence-electron chi connectivity index (χ1n) is 8.95. The Kier molecular flexibility index (Phi) is 6.54. The van der Waals surface area contributed by atoms with E-state index in [9.17, 15) is 4.79 Å². The van der Waals surface area contributed by atoms with Crippen molar-refractivity contribution < 1.29 is 4.79 Å². The Balaban J connectivity index is 1.33. The molecule has 1 aliphatic heterocycles. The summed E-state index contributed by atoms with van der Waals surface area (Å²) in [4.78, 5) is 20.7. The Labute approximate surface area is 149 Å². The lowest BCUT2D eigenvalue weighted by Gasteiger charge is -2.34. The summed E-state index contributed by atoms with van der Waals surface area (Å²) >= 11 is 0. The molecule has 5 heteroatoms. The van der Waals surface area contributed by atoms with Crippen LogP contribution in [0.15, 0.2) is 54.9 Å². The van der Waals surface area contributed by atoms with E-state index in [0.717, 1.165) is 39.3 Å². The van der Waals surface area contributed by atoms with Crippen molar-refractivity contribution in [2.45, 2.75) is 19.5 Å². The van der Waals surface area contributed by atoms with Gasteiger partial charge in [-0.15, -0.1) is 0 Å². The smallest absolute Gasteiger partial charge is 0.223 e. The molecule has 0 bridgehead atoms. The van der Waals surface area contributed by atoms with Crippen molar-refractivity contribution in [3.63, 3.8) is 0 Å². The maximum Gasteiger partial charge on any atom is 0.223 e. The zero-order valence-corrected chi connectivity index (χ0v) is 14.6. The lowest BCUT2D eigenvalue weighted by molar-refractivity contribution is -0.132. The van der Waals surface area contributed by atoms with Crippen LogP contribution < -0.4 is 5.32 Å². The van der Waals surface area contributed by atoms with Crippen LogP contribution in [0.4, 0.5) is 0 Å². The fourth-order valence-electron chi connectivity index (χ4n) is 3.08. The molecule has 2 heterocycles. The van der Waals surface area contributed by atoms with Crippen molar-refractivity contribution in [3.05, 3.63) is 66.0 Å². The molecular weight excluding hydrogens is 312 g/mol. The first-order chi connectivity index (χ1) is 12.3. The molecule has 1 fully saturated rings. The third-order valence-electron chi connectivity index (χ3n) is 4.57. The summed E-state index contributed by atoms with van der Waals surface area (Å²) in [6.45, 7) is 6.02. The van der Waals surface area contributed by atoms with E-state index < -0.39 is 0 Å². The summed E-state index contributed by atoms with van der Waals surface area (Å²) in [5.74, 6) is 0.251. The van der Waals surface area contributed by atoms with Crippen molar-refractivity contribution in [2.24, 2.45) is 0 Å². The Morgan fingerprint density at radius 3 is 2.40 bits per heavy atom. The number of hydrogen-bond donors (Lipinski definition) is 1. The molecule has 0 spiro atoms. The van der Waals surface area contributed by atoms with Crippen LogP contribution in [0.25, 0.3) is 0 Å². The number of amides is 1. The lowest BCUT2D eigenvalue weighted by Crippen LogP contribution is -2.48. The average Bonchev–Trinajstić information content (AvgIpc) is 2.67. The predicted molar refractivity (Wildman–Crippen MR) is 98.9 cm³/mol. The van der Waals surface area contributed by atoms with E-state index in [1.165, 1.54) is 11.1 Å². The van der Waals surface area contributed by atoms with E-state index in [4.69, 9.17) is 0 Å². The fraction of sp³-hybridized carbons (Fsp3) is 0.400. The SMILES string of the molecule is O=C(CCNCc1ccncc1)N1CCN(Cc2ccccc2)CC1. The van der Waals surface area contributed by atoms with Crippen LogP contribution in [0.1, 0.15) is 17.5 Å². The molecule has 3 rings (SSSR count). The standard InChI is InChI=1S/C20H26N4O/c25-20(8-11-22-16-18-6-9-21-10-7-18)24-14-12-23(13-15-24)17-19-4-2-1-3-5-19/h1-7,9-10,22H,8,11-17H2. The van der Waals surface area contributed by atoms with E-state index in [1.54, 1.807) is 12.4 Å². The van der Waals surface area contributed by atoms with Crippen LogP contribution in [0, 0.1) is 0 Å². The molecule has 0 atom stereocenters. The van der Waals surface area contributed by atoms with E-state index in [2.05, 4.69) is 39.5 Å². The molecule has 1 amide bonds. The summed E-state index contributed by atoms with van der Waals surface area (Å²) in [5, 5.41) is 3.33. The molecule has 0 aliphatic carbocycles. The van der Waals surface area contributed by atoms with Crippen molar-refractivity contribution in [3.8, 4) is 0 Å². The van der Waals surface area contributed by atoms with Crippen LogP contribution in [0.2, 0.25) is 0 Å². The van der Waals surface area contributed by atoms with Crippen molar-refractivity contribution in [2.75, 3.05) is 32.7 Å². The molecule has 1 aromatic heterocycles. The minimum Gasteiger partial charge on any atom is -0.340 e. The summed E-state index contributed by atoms with van der Waals surface area (Å²) in [6, 6.07) is 14.5. The largest absolute Gasteiger partial charge is 0.340 e. The molecular formula is C20H26N4O. The Hall–Kier alpha value is -2.24. The van der Waals surface area contributed by atoms with Gasteiger partial charge in [0, 0.05) is 64.6 Å². The zero-order chi connectivity index (χ0) is 17.3. The second-order valence-corrected chi connectivity index (χ2v) is 6.42. The van der Waals surface area contributed by atoms with Crippen molar-refractivity contribution >= 4 is 5.91 Å². The molecule has 1 N–H and O–H groups in total. The second-order valence-electron chi connectivity index (χ2n) is 6.42. The summed E-state index contributed by atoms with van der Waals surface area (Å²) in [5.41, 5.74) is 2.53. The molecule has 132 valence electrons. The van der Waals surface area contributed by atoms with Gasteiger partial charge >= 0.3 is 0 Å². The van der Waals surface area contributed by atoms with Crippen LogP contribution in [0.3, 0.4) is 0 Å². The number of carbonyl (C=O) groups excluding carboxylic acids is 1. The molecule has 1 saturated heterocycles. The third-order valence-corrected chi connectivity index (χ3v) is 4.57. The van der Waals surface area contributed by atoms with Crippen LogP contribution in [-0.2, 0) is 17.9 Å². The van der Waals surface area contributed by atoms with Crippen molar-refractivity contribution in [1.29, 1.82) is 0 Å². The van der Waals surface area contributed by atoms with Crippen molar-refractivity contribution in [1.82, 2.24) is 20.1 Å². The summed E-state index contributed by atoms with van der Waals surface area (Å²) in [7, 11) is 0. The number of rotatable bonds is 7. The van der Waals surface area contributed by atoms with E-state index in [0.29, 0.717) is 13.0 Å². The van der Waals surface area contributed by atoms with Gasteiger partial charge in [-0.1, -0.05) is 30.3 Å².